The average Bonchev–Trinajstić information content (AvgIpc) is 3.52. The number of hydrogen-bond donors (Lipinski definition) is 0. The summed E-state index contributed by atoms with van der Waals surface area (Å²) < 4.78 is 2.01. The van der Waals surface area contributed by atoms with E-state index in [-0.39, 0.29) is 0 Å². The average molecular weight is 626 g/mol. The highest BCUT2D eigenvalue weighted by atomic mass is 15.2. The molecule has 0 aliphatic carbocycles. The van der Waals surface area contributed by atoms with E-state index in [0.29, 0.717) is 39.9 Å². The van der Waals surface area contributed by atoms with E-state index in [4.69, 9.17) is 15.0 Å². The highest BCUT2D eigenvalue weighted by molar-refractivity contribution is 6.17. The van der Waals surface area contributed by atoms with E-state index >= 15 is 0 Å². The van der Waals surface area contributed by atoms with Gasteiger partial charge in [0, 0.05) is 27.5 Å². The van der Waals surface area contributed by atoms with E-state index in [1.165, 1.54) is 0 Å². The first-order valence-corrected chi connectivity index (χ1v) is 15.6. The Morgan fingerprint density at radius 1 is 0.449 bits per heavy atom. The predicted molar refractivity (Wildman–Crippen MR) is 190 cm³/mol. The molecule has 0 amide bonds. The number of nitrogens with zero attached hydrogens (tertiary/aromatic N) is 7. The number of nitriles is 3. The van der Waals surface area contributed by atoms with Crippen molar-refractivity contribution in [3.63, 3.8) is 0 Å². The van der Waals surface area contributed by atoms with Crippen molar-refractivity contribution in [2.45, 2.75) is 0 Å². The smallest absolute Gasteiger partial charge is 0.238 e. The summed E-state index contributed by atoms with van der Waals surface area (Å²) >= 11 is 0. The zero-order valence-corrected chi connectivity index (χ0v) is 25.9. The van der Waals surface area contributed by atoms with Crippen molar-refractivity contribution in [2.24, 2.45) is 0 Å². The summed E-state index contributed by atoms with van der Waals surface area (Å²) in [5.41, 5.74) is 7.63. The van der Waals surface area contributed by atoms with Gasteiger partial charge in [0.15, 0.2) is 11.6 Å². The molecule has 8 rings (SSSR count). The van der Waals surface area contributed by atoms with Crippen molar-refractivity contribution in [2.75, 3.05) is 0 Å². The van der Waals surface area contributed by atoms with Crippen LogP contribution in [-0.4, -0.2) is 19.5 Å². The Hall–Kier alpha value is -7.40. The quantitative estimate of drug-likeness (QED) is 0.188. The summed E-state index contributed by atoms with van der Waals surface area (Å²) in [5.74, 6) is 1.47. The lowest BCUT2D eigenvalue weighted by Crippen LogP contribution is -2.06. The number of rotatable bonds is 5. The van der Waals surface area contributed by atoms with Gasteiger partial charge < -0.3 is 0 Å². The summed E-state index contributed by atoms with van der Waals surface area (Å²) in [6.07, 6.45) is 0. The molecule has 2 heterocycles. The minimum atomic E-state index is 0.399. The van der Waals surface area contributed by atoms with Gasteiger partial charge >= 0.3 is 0 Å². The molecule has 0 bridgehead atoms. The van der Waals surface area contributed by atoms with Crippen LogP contribution < -0.4 is 0 Å². The molecule has 0 aliphatic heterocycles. The maximum Gasteiger partial charge on any atom is 0.238 e. The van der Waals surface area contributed by atoms with Gasteiger partial charge in [0.05, 0.1) is 45.9 Å². The Labute approximate surface area is 281 Å². The first-order valence-electron chi connectivity index (χ1n) is 15.6. The fourth-order valence-electron chi connectivity index (χ4n) is 6.42. The van der Waals surface area contributed by atoms with Gasteiger partial charge in [-0.05, 0) is 53.1 Å². The molecular weight excluding hydrogens is 603 g/mol. The van der Waals surface area contributed by atoms with E-state index in [1.54, 1.807) is 24.3 Å². The first kappa shape index (κ1) is 29.0. The Balaban J connectivity index is 1.51. The topological polar surface area (TPSA) is 115 Å². The molecule has 0 aliphatic rings. The highest BCUT2D eigenvalue weighted by Crippen LogP contribution is 2.42. The van der Waals surface area contributed by atoms with Crippen molar-refractivity contribution < 1.29 is 0 Å². The lowest BCUT2D eigenvalue weighted by atomic mass is 9.91. The van der Waals surface area contributed by atoms with Crippen LogP contribution >= 0.6 is 0 Å². The third kappa shape index (κ3) is 4.95. The molecule has 0 N–H and O–H groups in total. The van der Waals surface area contributed by atoms with Crippen LogP contribution in [0.15, 0.2) is 140 Å². The minimum Gasteiger partial charge on any atom is -0.278 e. The minimum absolute atomic E-state index is 0.399. The molecule has 0 unspecified atom stereocenters. The summed E-state index contributed by atoms with van der Waals surface area (Å²) in [6, 6.07) is 51.1. The van der Waals surface area contributed by atoms with Crippen molar-refractivity contribution in [3.05, 3.63) is 156 Å². The van der Waals surface area contributed by atoms with Crippen LogP contribution in [-0.2, 0) is 0 Å². The Bertz CT molecular complexity index is 2600. The summed E-state index contributed by atoms with van der Waals surface area (Å²) in [5, 5.41) is 32.0. The third-order valence-electron chi connectivity index (χ3n) is 8.61. The lowest BCUT2D eigenvalue weighted by molar-refractivity contribution is 0.953. The van der Waals surface area contributed by atoms with Crippen molar-refractivity contribution >= 4 is 21.8 Å². The molecule has 8 aromatic rings. The van der Waals surface area contributed by atoms with Crippen molar-refractivity contribution in [3.8, 4) is 69.2 Å². The first-order chi connectivity index (χ1) is 24.2. The van der Waals surface area contributed by atoms with E-state index in [2.05, 4.69) is 24.3 Å². The van der Waals surface area contributed by atoms with Crippen molar-refractivity contribution in [1.29, 1.82) is 15.8 Å². The molecule has 6 aromatic carbocycles. The Morgan fingerprint density at radius 2 is 1.00 bits per heavy atom. The maximum atomic E-state index is 10.2. The van der Waals surface area contributed by atoms with Gasteiger partial charge in [-0.2, -0.15) is 25.8 Å². The van der Waals surface area contributed by atoms with Crippen LogP contribution in [0.3, 0.4) is 0 Å². The molecule has 7 heteroatoms. The van der Waals surface area contributed by atoms with Crippen LogP contribution in [0.25, 0.3) is 72.8 Å². The van der Waals surface area contributed by atoms with E-state index in [1.807, 2.05) is 114 Å². The lowest BCUT2D eigenvalue weighted by Gasteiger charge is -2.12. The monoisotopic (exact) mass is 625 g/mol. The van der Waals surface area contributed by atoms with Crippen LogP contribution in [0.4, 0.5) is 0 Å². The summed E-state index contributed by atoms with van der Waals surface area (Å²) in [6.45, 7) is 0. The van der Waals surface area contributed by atoms with Crippen LogP contribution in [0, 0.1) is 34.0 Å². The zero-order chi connectivity index (χ0) is 33.3. The number of hydrogen-bond acceptors (Lipinski definition) is 6. The van der Waals surface area contributed by atoms with E-state index in [0.717, 1.165) is 49.6 Å². The fourth-order valence-corrected chi connectivity index (χ4v) is 6.42. The normalized spacial score (nSPS) is 10.8. The second-order valence-electron chi connectivity index (χ2n) is 11.4. The molecule has 0 radical (unpaired) electrons. The number of benzene rings is 6. The summed E-state index contributed by atoms with van der Waals surface area (Å²) in [4.78, 5) is 15.0. The fraction of sp³-hybridized carbons (Fsp3) is 0. The molecule has 0 spiro atoms. The molecule has 0 atom stereocenters. The van der Waals surface area contributed by atoms with Gasteiger partial charge in [0.1, 0.15) is 0 Å². The van der Waals surface area contributed by atoms with Gasteiger partial charge in [-0.25, -0.2) is 4.98 Å². The number of fused-ring (bicyclic) bond motifs is 3. The largest absolute Gasteiger partial charge is 0.278 e. The molecule has 2 aromatic heterocycles. The molecule has 0 fully saturated rings. The van der Waals surface area contributed by atoms with E-state index in [9.17, 15) is 15.8 Å². The van der Waals surface area contributed by atoms with Gasteiger partial charge in [-0.15, -0.1) is 0 Å². The van der Waals surface area contributed by atoms with Gasteiger partial charge in [-0.3, -0.25) is 4.57 Å². The third-order valence-corrected chi connectivity index (χ3v) is 8.61. The zero-order valence-electron chi connectivity index (χ0n) is 25.9. The molecular formula is C42H23N7. The van der Waals surface area contributed by atoms with Gasteiger partial charge in [-0.1, -0.05) is 103 Å². The standard InChI is InChI=1S/C42H23N7/c43-24-30-15-7-8-18-33(30)29-21-22-36-35(23-29)39-34(38-31(25-44)16-9-17-32(38)26-45)19-10-20-37(39)49(36)42-47-40(27-11-3-1-4-12-27)46-41(48-42)28-13-5-2-6-14-28/h1-23H. The van der Waals surface area contributed by atoms with Crippen molar-refractivity contribution in [1.82, 2.24) is 19.5 Å². The van der Waals surface area contributed by atoms with Gasteiger partial charge in [0.2, 0.25) is 5.95 Å². The van der Waals surface area contributed by atoms with E-state index < -0.39 is 0 Å². The van der Waals surface area contributed by atoms with Crippen LogP contribution in [0.5, 0.6) is 0 Å². The maximum absolute atomic E-state index is 10.2. The SMILES string of the molecule is N#Cc1ccccc1-c1ccc2c(c1)c1c(-c3c(C#N)cccc3C#N)cccc1n2-c1nc(-c2ccccc2)nc(-c2ccccc2)n1. The molecule has 7 nitrogen and oxygen atoms in total. The number of aromatic nitrogens is 4. The van der Waals surface area contributed by atoms with Crippen LogP contribution in [0.2, 0.25) is 0 Å². The molecule has 0 saturated heterocycles. The highest BCUT2D eigenvalue weighted by Gasteiger charge is 2.23. The Kier molecular flexibility index (Phi) is 7.16. The predicted octanol–water partition coefficient (Wildman–Crippen LogP) is 9.25. The van der Waals surface area contributed by atoms with Crippen LogP contribution in [0.1, 0.15) is 16.7 Å². The second-order valence-corrected chi connectivity index (χ2v) is 11.4. The second kappa shape index (κ2) is 12.1. The Morgan fingerprint density at radius 3 is 1.63 bits per heavy atom. The molecule has 226 valence electrons. The summed E-state index contributed by atoms with van der Waals surface area (Å²) in [7, 11) is 0. The molecule has 0 saturated carbocycles. The molecule has 49 heavy (non-hydrogen) atoms. The van der Waals surface area contributed by atoms with Gasteiger partial charge in [0.25, 0.3) is 0 Å².